The van der Waals surface area contributed by atoms with Crippen molar-refractivity contribution in [3.63, 3.8) is 0 Å². The van der Waals surface area contributed by atoms with Crippen LogP contribution in [0.5, 0.6) is 5.75 Å². The van der Waals surface area contributed by atoms with Crippen LogP contribution in [0.1, 0.15) is 25.0 Å². The summed E-state index contributed by atoms with van der Waals surface area (Å²) in [4.78, 5) is 18.5. The summed E-state index contributed by atoms with van der Waals surface area (Å²) in [6.07, 6.45) is 7.60. The maximum Gasteiger partial charge on any atom is 0.266 e. The van der Waals surface area contributed by atoms with Gasteiger partial charge in [-0.15, -0.1) is 0 Å². The van der Waals surface area contributed by atoms with E-state index in [1.165, 1.54) is 0 Å². The molecule has 5 nitrogen and oxygen atoms in total. The summed E-state index contributed by atoms with van der Waals surface area (Å²) in [6.45, 7) is 6.01. The highest BCUT2D eigenvalue weighted by Gasteiger charge is 2.34. The topological polar surface area (TPSA) is 51.7 Å². The summed E-state index contributed by atoms with van der Waals surface area (Å²) in [7, 11) is 0. The fraction of sp³-hybridized carbons (Fsp3) is 0.333. The molecule has 0 aliphatic carbocycles. The van der Waals surface area contributed by atoms with Crippen LogP contribution in [0.3, 0.4) is 0 Å². The summed E-state index contributed by atoms with van der Waals surface area (Å²) < 4.78 is 11.3. The van der Waals surface area contributed by atoms with E-state index in [1.807, 2.05) is 62.4 Å². The van der Waals surface area contributed by atoms with Crippen LogP contribution in [0.4, 0.5) is 0 Å². The molecular weight excluding hydrogens is 328 g/mol. The van der Waals surface area contributed by atoms with Crippen molar-refractivity contribution in [1.82, 2.24) is 9.88 Å². The average molecular weight is 352 g/mol. The smallest absolute Gasteiger partial charge is 0.266 e. The molecule has 1 amide bonds. The molecule has 0 atom stereocenters. The van der Waals surface area contributed by atoms with E-state index in [1.54, 1.807) is 17.3 Å². The van der Waals surface area contributed by atoms with Gasteiger partial charge in [-0.3, -0.25) is 9.78 Å². The van der Waals surface area contributed by atoms with Gasteiger partial charge in [0.25, 0.3) is 5.91 Å². The molecule has 0 saturated carbocycles. The molecule has 0 radical (unpaired) electrons. The first-order chi connectivity index (χ1) is 12.5. The van der Waals surface area contributed by atoms with Crippen LogP contribution in [-0.2, 0) is 9.53 Å². The van der Waals surface area contributed by atoms with Crippen molar-refractivity contribution in [2.45, 2.75) is 19.4 Å². The lowest BCUT2D eigenvalue weighted by Gasteiger charge is -2.34. The number of hydrogen-bond acceptors (Lipinski definition) is 4. The van der Waals surface area contributed by atoms with Crippen molar-refractivity contribution in [3.8, 4) is 5.75 Å². The van der Waals surface area contributed by atoms with Gasteiger partial charge in [-0.1, -0.05) is 24.3 Å². The minimum absolute atomic E-state index is 0.0116. The lowest BCUT2D eigenvalue weighted by molar-refractivity contribution is -0.149. The monoisotopic (exact) mass is 352 g/mol. The highest BCUT2D eigenvalue weighted by Crippen LogP contribution is 2.22. The van der Waals surface area contributed by atoms with Crippen LogP contribution in [0.25, 0.3) is 12.2 Å². The molecule has 26 heavy (non-hydrogen) atoms. The van der Waals surface area contributed by atoms with Crippen molar-refractivity contribution < 1.29 is 14.3 Å². The van der Waals surface area contributed by atoms with Gasteiger partial charge < -0.3 is 14.4 Å². The third-order valence-electron chi connectivity index (χ3n) is 4.24. The van der Waals surface area contributed by atoms with Crippen molar-refractivity contribution in [2.24, 2.45) is 0 Å². The first kappa shape index (κ1) is 18.1. The Morgan fingerprint density at radius 2 is 1.62 bits per heavy atom. The minimum Gasteiger partial charge on any atom is -0.478 e. The Morgan fingerprint density at radius 3 is 2.23 bits per heavy atom. The third kappa shape index (κ3) is 4.70. The first-order valence-electron chi connectivity index (χ1n) is 8.79. The van der Waals surface area contributed by atoms with Gasteiger partial charge in [-0.2, -0.15) is 0 Å². The minimum atomic E-state index is -0.911. The van der Waals surface area contributed by atoms with Gasteiger partial charge in [0.05, 0.1) is 13.2 Å². The number of morpholine rings is 1. The predicted octanol–water partition coefficient (Wildman–Crippen LogP) is 3.27. The lowest BCUT2D eigenvalue weighted by atomic mass is 10.1. The second-order valence-electron chi connectivity index (χ2n) is 6.70. The highest BCUT2D eigenvalue weighted by atomic mass is 16.5. The zero-order chi connectivity index (χ0) is 18.4. The molecule has 136 valence electrons. The van der Waals surface area contributed by atoms with E-state index in [0.717, 1.165) is 11.1 Å². The molecule has 0 spiro atoms. The fourth-order valence-corrected chi connectivity index (χ4v) is 2.80. The zero-order valence-corrected chi connectivity index (χ0v) is 15.2. The van der Waals surface area contributed by atoms with Crippen molar-refractivity contribution >= 4 is 18.1 Å². The van der Waals surface area contributed by atoms with E-state index in [-0.39, 0.29) is 5.91 Å². The molecule has 1 fully saturated rings. The molecule has 1 saturated heterocycles. The number of pyridine rings is 1. The summed E-state index contributed by atoms with van der Waals surface area (Å²) in [6, 6.07) is 11.6. The van der Waals surface area contributed by atoms with Crippen LogP contribution in [0, 0.1) is 0 Å². The van der Waals surface area contributed by atoms with Crippen molar-refractivity contribution in [1.29, 1.82) is 0 Å². The number of amides is 1. The molecule has 0 N–H and O–H groups in total. The average Bonchev–Trinajstić information content (AvgIpc) is 2.68. The molecule has 1 aromatic heterocycles. The second-order valence-corrected chi connectivity index (χ2v) is 6.70. The van der Waals surface area contributed by atoms with E-state index in [2.05, 4.69) is 4.98 Å². The number of ether oxygens (including phenoxy) is 2. The molecule has 3 rings (SSSR count). The largest absolute Gasteiger partial charge is 0.478 e. The van der Waals surface area contributed by atoms with Gasteiger partial charge in [0, 0.05) is 25.5 Å². The molecular formula is C21H24N2O3. The van der Waals surface area contributed by atoms with Crippen LogP contribution < -0.4 is 4.74 Å². The fourth-order valence-electron chi connectivity index (χ4n) is 2.80. The van der Waals surface area contributed by atoms with Crippen LogP contribution in [0.2, 0.25) is 0 Å². The zero-order valence-electron chi connectivity index (χ0n) is 15.2. The Kier molecular flexibility index (Phi) is 5.68. The summed E-state index contributed by atoms with van der Waals surface area (Å²) in [5.74, 6) is 0.667. The van der Waals surface area contributed by atoms with Crippen LogP contribution in [-0.4, -0.2) is 47.7 Å². The molecule has 0 bridgehead atoms. The lowest BCUT2D eigenvalue weighted by Crippen LogP contribution is -2.52. The Morgan fingerprint density at radius 1 is 1.04 bits per heavy atom. The van der Waals surface area contributed by atoms with Gasteiger partial charge in [-0.05, 0) is 49.2 Å². The number of rotatable bonds is 5. The molecule has 1 aromatic carbocycles. The molecule has 2 aromatic rings. The Balaban J connectivity index is 1.62. The standard InChI is InChI=1S/C21H24N2O3/c1-21(2,20(24)23-13-15-25-16-14-23)26-19-7-5-17(6-8-19)3-4-18-9-11-22-12-10-18/h3-12H,13-16H2,1-2H3/b4-3+. The number of nitrogens with zero attached hydrogens (tertiary/aromatic N) is 2. The Bertz CT molecular complexity index is 749. The van der Waals surface area contributed by atoms with E-state index in [0.29, 0.717) is 32.1 Å². The van der Waals surface area contributed by atoms with E-state index < -0.39 is 5.60 Å². The quantitative estimate of drug-likeness (QED) is 0.829. The number of carbonyl (C=O) groups is 1. The summed E-state index contributed by atoms with van der Waals surface area (Å²) in [5.41, 5.74) is 1.25. The molecule has 1 aliphatic rings. The Labute approximate surface area is 154 Å². The van der Waals surface area contributed by atoms with E-state index in [9.17, 15) is 4.79 Å². The summed E-state index contributed by atoms with van der Waals surface area (Å²) >= 11 is 0. The van der Waals surface area contributed by atoms with Gasteiger partial charge in [0.2, 0.25) is 0 Å². The molecule has 1 aliphatic heterocycles. The first-order valence-corrected chi connectivity index (χ1v) is 8.79. The number of hydrogen-bond donors (Lipinski definition) is 0. The third-order valence-corrected chi connectivity index (χ3v) is 4.24. The normalized spacial score (nSPS) is 15.2. The number of aromatic nitrogens is 1. The van der Waals surface area contributed by atoms with E-state index in [4.69, 9.17) is 9.47 Å². The van der Waals surface area contributed by atoms with Crippen molar-refractivity contribution in [3.05, 3.63) is 59.9 Å². The predicted molar refractivity (Wildman–Crippen MR) is 102 cm³/mol. The van der Waals surface area contributed by atoms with Crippen molar-refractivity contribution in [2.75, 3.05) is 26.3 Å². The van der Waals surface area contributed by atoms with Gasteiger partial charge >= 0.3 is 0 Å². The SMILES string of the molecule is CC(C)(Oc1ccc(/C=C/c2ccncc2)cc1)C(=O)N1CCOCC1. The molecule has 2 heterocycles. The molecule has 0 unspecified atom stereocenters. The number of benzene rings is 1. The maximum absolute atomic E-state index is 12.7. The van der Waals surface area contributed by atoms with E-state index >= 15 is 0 Å². The summed E-state index contributed by atoms with van der Waals surface area (Å²) in [5, 5.41) is 0. The van der Waals surface area contributed by atoms with Gasteiger partial charge in [0.15, 0.2) is 5.60 Å². The maximum atomic E-state index is 12.7. The van der Waals surface area contributed by atoms with Crippen LogP contribution in [0.15, 0.2) is 48.8 Å². The van der Waals surface area contributed by atoms with Crippen LogP contribution >= 0.6 is 0 Å². The highest BCUT2D eigenvalue weighted by molar-refractivity contribution is 5.85. The molecule has 5 heteroatoms. The second kappa shape index (κ2) is 8.15. The number of carbonyl (C=O) groups excluding carboxylic acids is 1. The van der Waals surface area contributed by atoms with Gasteiger partial charge in [-0.25, -0.2) is 0 Å². The Hall–Kier alpha value is -2.66. The van der Waals surface area contributed by atoms with Gasteiger partial charge in [0.1, 0.15) is 5.75 Å².